The number of likely N-dealkylation sites (N-methyl/N-ethyl adjacent to an activating group) is 2. The van der Waals surface area contributed by atoms with Crippen molar-refractivity contribution >= 4 is 0 Å². The van der Waals surface area contributed by atoms with E-state index in [-0.39, 0.29) is 6.10 Å². The Hall–Kier alpha value is -0.440. The molecule has 7 aliphatic rings. The number of hydrogen-bond donors (Lipinski definition) is 1. The Labute approximate surface area is 438 Å². The summed E-state index contributed by atoms with van der Waals surface area (Å²) in [6.07, 6.45) is 10.1. The van der Waals surface area contributed by atoms with Crippen molar-refractivity contribution in [3.05, 3.63) is 0 Å². The Morgan fingerprint density at radius 2 is 0.643 bits per heavy atom. The van der Waals surface area contributed by atoms with Crippen LogP contribution in [0.5, 0.6) is 0 Å². The summed E-state index contributed by atoms with van der Waals surface area (Å²) in [6, 6.07) is 2.80. The molecule has 0 unspecified atom stereocenters. The number of piperidine rings is 3. The largest absolute Gasteiger partial charge is 0.393 e. The first-order chi connectivity index (χ1) is 33.2. The lowest BCUT2D eigenvalue weighted by molar-refractivity contribution is 0.0238. The molecule has 7 heterocycles. The number of aliphatic hydroxyl groups is 1. The van der Waals surface area contributed by atoms with E-state index in [4.69, 9.17) is 9.47 Å². The van der Waals surface area contributed by atoms with E-state index >= 15 is 0 Å². The van der Waals surface area contributed by atoms with Crippen LogP contribution >= 0.6 is 0 Å². The number of rotatable bonds is 9. The second kappa shape index (κ2) is 39.9. The van der Waals surface area contributed by atoms with Crippen molar-refractivity contribution in [3.63, 3.8) is 0 Å². The maximum atomic E-state index is 9.18. The normalized spacial score (nSPS) is 23.4. The van der Waals surface area contributed by atoms with Crippen LogP contribution in [-0.4, -0.2) is 233 Å². The predicted octanol–water partition coefficient (Wildman–Crippen LogP) is 9.68. The van der Waals surface area contributed by atoms with E-state index in [1.54, 1.807) is 0 Å². The Kier molecular flexibility index (Phi) is 38.5. The molecule has 11 nitrogen and oxygen atoms in total. The molecule has 7 saturated heterocycles. The summed E-state index contributed by atoms with van der Waals surface area (Å²) in [5.41, 5.74) is 0. The van der Waals surface area contributed by atoms with E-state index in [0.29, 0.717) is 12.1 Å². The molecule has 0 aromatic carbocycles. The highest BCUT2D eigenvalue weighted by molar-refractivity contribution is 4.76. The van der Waals surface area contributed by atoms with E-state index in [2.05, 4.69) is 164 Å². The first kappa shape index (κ1) is 67.6. The van der Waals surface area contributed by atoms with Gasteiger partial charge in [0.1, 0.15) is 0 Å². The average molecular weight is 996 g/mol. The van der Waals surface area contributed by atoms with Gasteiger partial charge in [0, 0.05) is 116 Å². The van der Waals surface area contributed by atoms with Crippen LogP contribution in [0.15, 0.2) is 0 Å². The Morgan fingerprint density at radius 3 is 0.986 bits per heavy atom. The van der Waals surface area contributed by atoms with Crippen LogP contribution in [0, 0.1) is 35.5 Å². The number of aliphatic hydroxyl groups excluding tert-OH is 1. The highest BCUT2D eigenvalue weighted by Crippen LogP contribution is 2.25. The molecule has 1 N–H and O–H groups in total. The molecule has 420 valence electrons. The van der Waals surface area contributed by atoms with Gasteiger partial charge >= 0.3 is 0 Å². The summed E-state index contributed by atoms with van der Waals surface area (Å²) < 4.78 is 10.5. The summed E-state index contributed by atoms with van der Waals surface area (Å²) in [5.74, 6) is 5.57. The Morgan fingerprint density at radius 1 is 0.343 bits per heavy atom. The number of hydrogen-bond acceptors (Lipinski definition) is 11. The molecule has 70 heavy (non-hydrogen) atoms. The topological polar surface area (TPSA) is 64.6 Å². The Bertz CT molecular complexity index is 1030. The van der Waals surface area contributed by atoms with Crippen LogP contribution in [0.2, 0.25) is 0 Å². The smallest absolute Gasteiger partial charge is 0.0594 e. The molecule has 0 atom stereocenters. The minimum absolute atomic E-state index is 0.0324. The van der Waals surface area contributed by atoms with Crippen molar-refractivity contribution in [3.8, 4) is 0 Å². The number of ether oxygens (including phenoxy) is 2. The van der Waals surface area contributed by atoms with E-state index in [1.807, 2.05) is 0 Å². The summed E-state index contributed by atoms with van der Waals surface area (Å²) in [4.78, 5) is 19.8. The van der Waals surface area contributed by atoms with E-state index in [9.17, 15) is 5.11 Å². The third kappa shape index (κ3) is 31.4. The lowest BCUT2D eigenvalue weighted by atomic mass is 9.87. The van der Waals surface area contributed by atoms with Gasteiger partial charge in [-0.1, -0.05) is 55.4 Å². The van der Waals surface area contributed by atoms with Crippen molar-refractivity contribution < 1.29 is 14.6 Å². The first-order valence-electron chi connectivity index (χ1n) is 29.8. The van der Waals surface area contributed by atoms with Crippen LogP contribution in [0.4, 0.5) is 0 Å². The van der Waals surface area contributed by atoms with Crippen molar-refractivity contribution in [2.75, 3.05) is 158 Å². The molecule has 0 aliphatic carbocycles. The molecule has 0 aromatic heterocycles. The second-order valence-electron chi connectivity index (χ2n) is 24.2. The predicted molar refractivity (Wildman–Crippen MR) is 306 cm³/mol. The van der Waals surface area contributed by atoms with Crippen molar-refractivity contribution in [1.82, 2.24) is 39.2 Å². The third-order valence-electron chi connectivity index (χ3n) is 16.8. The summed E-state index contributed by atoms with van der Waals surface area (Å²) in [7, 11) is 4.41. The summed E-state index contributed by atoms with van der Waals surface area (Å²) in [6.45, 7) is 62.3. The van der Waals surface area contributed by atoms with Crippen LogP contribution < -0.4 is 0 Å². The molecule has 0 spiro atoms. The van der Waals surface area contributed by atoms with Crippen molar-refractivity contribution in [2.24, 2.45) is 35.5 Å². The SMILES string of the molecule is CC(C)C1CCN(C)CC1.CC(C)C1CCOCC1.CC(C)N1CCC(O)CC1.CC(C)N1CCN(C)CC1.CC(C)N1CCOCC1.CCN1CCC(C(C)C)CC1.CCN1CCN(C(C)C)CC1. The van der Waals surface area contributed by atoms with Gasteiger partial charge in [-0.3, -0.25) is 14.7 Å². The van der Waals surface area contributed by atoms with E-state index < -0.39 is 0 Å². The minimum Gasteiger partial charge on any atom is -0.393 e. The van der Waals surface area contributed by atoms with E-state index in [0.717, 1.165) is 113 Å². The summed E-state index contributed by atoms with van der Waals surface area (Å²) >= 11 is 0. The fraction of sp³-hybridized carbons (Fsp3) is 1.00. The molecule has 0 bridgehead atoms. The van der Waals surface area contributed by atoms with Gasteiger partial charge in [0.05, 0.1) is 19.3 Å². The molecular weight excluding hydrogens is 869 g/mol. The van der Waals surface area contributed by atoms with Crippen molar-refractivity contribution in [2.45, 2.75) is 192 Å². The third-order valence-corrected chi connectivity index (χ3v) is 16.8. The lowest BCUT2D eigenvalue weighted by Crippen LogP contribution is -2.48. The molecular formula is C59H126N8O3. The monoisotopic (exact) mass is 995 g/mol. The van der Waals surface area contributed by atoms with Gasteiger partial charge in [0.2, 0.25) is 0 Å². The van der Waals surface area contributed by atoms with Crippen LogP contribution in [0.25, 0.3) is 0 Å². The van der Waals surface area contributed by atoms with Gasteiger partial charge in [0.25, 0.3) is 0 Å². The Balaban J connectivity index is 0.000000409. The fourth-order valence-electron chi connectivity index (χ4n) is 10.4. The molecule has 0 radical (unpaired) electrons. The fourth-order valence-corrected chi connectivity index (χ4v) is 10.4. The van der Waals surface area contributed by atoms with Gasteiger partial charge < -0.3 is 39.1 Å². The molecule has 11 heteroatoms. The van der Waals surface area contributed by atoms with Gasteiger partial charge in [-0.15, -0.1) is 0 Å². The molecule has 0 aromatic rings. The lowest BCUT2D eigenvalue weighted by Gasteiger charge is -2.36. The zero-order valence-corrected chi connectivity index (χ0v) is 50.4. The number of nitrogens with zero attached hydrogens (tertiary/aromatic N) is 8. The zero-order valence-electron chi connectivity index (χ0n) is 50.4. The van der Waals surface area contributed by atoms with Gasteiger partial charge in [0.15, 0.2) is 0 Å². The van der Waals surface area contributed by atoms with Crippen LogP contribution in [-0.2, 0) is 9.47 Å². The number of piperazine rings is 2. The molecule has 0 saturated carbocycles. The molecule has 7 fully saturated rings. The molecule has 0 amide bonds. The maximum Gasteiger partial charge on any atom is 0.0594 e. The average Bonchev–Trinajstić information content (AvgIpc) is 3.36. The number of likely N-dealkylation sites (tertiary alicyclic amines) is 3. The number of morpholine rings is 1. The standard InChI is InChI=1S/C10H21N.C9H20N2.C9H19N.C8H18N2.C8H17NO.C8H16O.C7H15NO/c1-4-11-7-5-10(6-8-11)9(2)3;1-4-10-5-7-11(8-6-10)9(2)3;1-8(2)9-4-6-10(3)7-5-9;1-8(2)10-6-4-9(3)5-7-10;1-7(2)9-5-3-8(10)4-6-9;2*1-7(2)8-3-5-9-6-4-8/h9-10H,4-8H2,1-3H3;9H,4-8H2,1-3H3;8-9H,4-7H2,1-3H3;8H,4-7H2,1-3H3;7-8,10H,3-6H2,1-2H3;7-8H,3-6H2,1-2H3;7H,3-6H2,1-2H3. The zero-order chi connectivity index (χ0) is 52.6. The maximum absolute atomic E-state index is 9.18. The quantitative estimate of drug-likeness (QED) is 0.241. The first-order valence-corrected chi connectivity index (χ1v) is 29.8. The summed E-state index contributed by atoms with van der Waals surface area (Å²) in [5, 5.41) is 9.18. The van der Waals surface area contributed by atoms with Gasteiger partial charge in [-0.25, -0.2) is 0 Å². The van der Waals surface area contributed by atoms with Gasteiger partial charge in [-0.05, 0) is 196 Å². The van der Waals surface area contributed by atoms with Crippen molar-refractivity contribution in [1.29, 1.82) is 0 Å². The van der Waals surface area contributed by atoms with Crippen LogP contribution in [0.3, 0.4) is 0 Å². The molecule has 7 aliphatic heterocycles. The minimum atomic E-state index is -0.0324. The van der Waals surface area contributed by atoms with E-state index in [1.165, 1.54) is 130 Å². The highest BCUT2D eigenvalue weighted by Gasteiger charge is 2.22. The second-order valence-corrected chi connectivity index (χ2v) is 24.2. The highest BCUT2D eigenvalue weighted by atomic mass is 16.5. The molecule has 7 rings (SSSR count). The van der Waals surface area contributed by atoms with Gasteiger partial charge in [-0.2, -0.15) is 0 Å². The van der Waals surface area contributed by atoms with Crippen LogP contribution in [0.1, 0.15) is 162 Å².